The van der Waals surface area contributed by atoms with Crippen molar-refractivity contribution in [2.45, 2.75) is 51.7 Å². The van der Waals surface area contributed by atoms with Crippen molar-refractivity contribution in [2.75, 3.05) is 16.8 Å². The van der Waals surface area contributed by atoms with Crippen LogP contribution in [0.2, 0.25) is 0 Å². The van der Waals surface area contributed by atoms with E-state index in [4.69, 9.17) is 4.74 Å². The number of amides is 2. The molecule has 3 atom stereocenters. The minimum absolute atomic E-state index is 0.0632. The number of hydrogen-bond donors (Lipinski definition) is 2. The Bertz CT molecular complexity index is 1160. The highest BCUT2D eigenvalue weighted by molar-refractivity contribution is 7.91. The average molecular weight is 495 g/mol. The second kappa shape index (κ2) is 9.42. The van der Waals surface area contributed by atoms with E-state index in [-0.39, 0.29) is 17.4 Å². The Hall–Kier alpha value is -2.46. The van der Waals surface area contributed by atoms with E-state index in [1.54, 1.807) is 6.92 Å². The summed E-state index contributed by atoms with van der Waals surface area (Å²) in [5, 5.41) is 6.15. The van der Waals surface area contributed by atoms with Crippen LogP contribution >= 0.6 is 11.3 Å². The molecule has 1 saturated heterocycles. The third kappa shape index (κ3) is 5.55. The zero-order valence-electron chi connectivity index (χ0n) is 18.5. The number of halogens is 1. The summed E-state index contributed by atoms with van der Waals surface area (Å²) < 4.78 is 42.3. The lowest BCUT2D eigenvalue weighted by atomic mass is 9.88. The lowest BCUT2D eigenvalue weighted by Crippen LogP contribution is -2.37. The zero-order valence-corrected chi connectivity index (χ0v) is 20.2. The number of rotatable bonds is 6. The molecule has 0 unspecified atom stereocenters. The molecule has 1 fully saturated rings. The van der Waals surface area contributed by atoms with Crippen molar-refractivity contribution in [1.82, 2.24) is 5.32 Å². The number of anilines is 1. The minimum Gasteiger partial charge on any atom is -0.481 e. The Morgan fingerprint density at radius 3 is 2.61 bits per heavy atom. The number of fused-ring (bicyclic) bond motifs is 1. The predicted octanol–water partition coefficient (Wildman–Crippen LogP) is 3.33. The molecule has 10 heteroatoms. The van der Waals surface area contributed by atoms with Crippen LogP contribution in [0, 0.1) is 11.7 Å². The molecule has 4 rings (SSSR count). The molecule has 2 N–H and O–H groups in total. The van der Waals surface area contributed by atoms with Crippen molar-refractivity contribution in [1.29, 1.82) is 0 Å². The molecule has 0 radical (unpaired) electrons. The summed E-state index contributed by atoms with van der Waals surface area (Å²) in [7, 11) is -3.13. The zero-order chi connectivity index (χ0) is 23.8. The van der Waals surface area contributed by atoms with Gasteiger partial charge in [-0.1, -0.05) is 6.92 Å². The largest absolute Gasteiger partial charge is 0.481 e. The first-order valence-electron chi connectivity index (χ1n) is 11.0. The monoisotopic (exact) mass is 494 g/mol. The van der Waals surface area contributed by atoms with E-state index < -0.39 is 33.7 Å². The molecular formula is C23H27FN2O5S2. The first-order valence-corrected chi connectivity index (χ1v) is 13.6. The van der Waals surface area contributed by atoms with Gasteiger partial charge >= 0.3 is 0 Å². The topological polar surface area (TPSA) is 102 Å². The number of benzene rings is 1. The van der Waals surface area contributed by atoms with Gasteiger partial charge in [0.15, 0.2) is 15.9 Å². The summed E-state index contributed by atoms with van der Waals surface area (Å²) >= 11 is 1.39. The number of sulfone groups is 1. The Balaban J connectivity index is 1.53. The summed E-state index contributed by atoms with van der Waals surface area (Å²) in [4.78, 5) is 27.1. The second-order valence-electron chi connectivity index (χ2n) is 8.83. The first-order chi connectivity index (χ1) is 15.6. The van der Waals surface area contributed by atoms with Crippen LogP contribution in [0.1, 0.15) is 47.5 Å². The van der Waals surface area contributed by atoms with Gasteiger partial charge in [0.2, 0.25) is 0 Å². The molecule has 2 heterocycles. The van der Waals surface area contributed by atoms with Gasteiger partial charge in [-0.3, -0.25) is 9.59 Å². The van der Waals surface area contributed by atoms with E-state index in [1.165, 1.54) is 35.6 Å². The highest BCUT2D eigenvalue weighted by atomic mass is 32.2. The molecule has 178 valence electrons. The third-order valence-corrected chi connectivity index (χ3v) is 8.98. The Kier molecular flexibility index (Phi) is 6.76. The van der Waals surface area contributed by atoms with Crippen LogP contribution in [-0.4, -0.2) is 43.9 Å². The summed E-state index contributed by atoms with van der Waals surface area (Å²) in [5.41, 5.74) is 1.35. The smallest absolute Gasteiger partial charge is 0.265 e. The lowest BCUT2D eigenvalue weighted by Gasteiger charge is -2.19. The van der Waals surface area contributed by atoms with Crippen molar-refractivity contribution < 1.29 is 27.1 Å². The van der Waals surface area contributed by atoms with Gasteiger partial charge in [0.1, 0.15) is 16.6 Å². The van der Waals surface area contributed by atoms with E-state index in [2.05, 4.69) is 17.6 Å². The SMILES string of the molecule is C[C@H]1CCc2c(sc(NC(=O)[C@@H](C)Oc3ccc(F)cc3)c2C(=O)N[C@H]2CCS(=O)(=O)C2)C1. The molecule has 2 aromatic rings. The van der Waals surface area contributed by atoms with Crippen LogP contribution in [-0.2, 0) is 27.5 Å². The molecule has 33 heavy (non-hydrogen) atoms. The normalized spacial score (nSPS) is 22.3. The molecular weight excluding hydrogens is 467 g/mol. The Morgan fingerprint density at radius 1 is 1.21 bits per heavy atom. The van der Waals surface area contributed by atoms with Gasteiger partial charge in [-0.15, -0.1) is 11.3 Å². The molecule has 1 aliphatic carbocycles. The minimum atomic E-state index is -3.13. The molecule has 0 spiro atoms. The fraction of sp³-hybridized carbons (Fsp3) is 0.478. The third-order valence-electron chi connectivity index (χ3n) is 6.04. The molecule has 2 amide bonds. The summed E-state index contributed by atoms with van der Waals surface area (Å²) in [6.45, 7) is 3.74. The van der Waals surface area contributed by atoms with Gasteiger partial charge in [-0.2, -0.15) is 0 Å². The van der Waals surface area contributed by atoms with E-state index >= 15 is 0 Å². The average Bonchev–Trinajstić information content (AvgIpc) is 3.27. The summed E-state index contributed by atoms with van der Waals surface area (Å²) in [6.07, 6.45) is 2.02. The maximum Gasteiger partial charge on any atom is 0.265 e. The van der Waals surface area contributed by atoms with Gasteiger partial charge in [-0.05, 0) is 68.4 Å². The fourth-order valence-electron chi connectivity index (χ4n) is 4.23. The van der Waals surface area contributed by atoms with Crippen LogP contribution in [0.15, 0.2) is 24.3 Å². The molecule has 1 aromatic heterocycles. The van der Waals surface area contributed by atoms with Crippen molar-refractivity contribution >= 4 is 38.0 Å². The van der Waals surface area contributed by atoms with Crippen molar-refractivity contribution in [3.05, 3.63) is 46.1 Å². The summed E-state index contributed by atoms with van der Waals surface area (Å²) in [5.74, 6) is -0.334. The highest BCUT2D eigenvalue weighted by Gasteiger charge is 2.33. The number of thiophene rings is 1. The quantitative estimate of drug-likeness (QED) is 0.642. The fourth-order valence-corrected chi connectivity index (χ4v) is 7.31. The number of carbonyl (C=O) groups excluding carboxylic acids is 2. The molecule has 2 aliphatic rings. The molecule has 1 aromatic carbocycles. The number of hydrogen-bond acceptors (Lipinski definition) is 6. The van der Waals surface area contributed by atoms with E-state index in [0.717, 1.165) is 29.7 Å². The van der Waals surface area contributed by atoms with Crippen LogP contribution in [0.5, 0.6) is 5.75 Å². The van der Waals surface area contributed by atoms with Gasteiger partial charge in [0.05, 0.1) is 17.1 Å². The first kappa shape index (κ1) is 23.7. The predicted molar refractivity (Wildman–Crippen MR) is 125 cm³/mol. The van der Waals surface area contributed by atoms with E-state index in [9.17, 15) is 22.4 Å². The molecule has 0 saturated carbocycles. The van der Waals surface area contributed by atoms with Gasteiger partial charge in [0.25, 0.3) is 11.8 Å². The van der Waals surface area contributed by atoms with Gasteiger partial charge in [0, 0.05) is 10.9 Å². The maximum absolute atomic E-state index is 13.2. The number of carbonyl (C=O) groups is 2. The molecule has 1 aliphatic heterocycles. The van der Waals surface area contributed by atoms with E-state index in [1.807, 2.05) is 0 Å². The van der Waals surface area contributed by atoms with Crippen molar-refractivity contribution in [2.24, 2.45) is 5.92 Å². The number of ether oxygens (including phenoxy) is 1. The van der Waals surface area contributed by atoms with Crippen LogP contribution in [0.25, 0.3) is 0 Å². The summed E-state index contributed by atoms with van der Waals surface area (Å²) in [6, 6.07) is 4.96. The second-order valence-corrected chi connectivity index (χ2v) is 12.2. The highest BCUT2D eigenvalue weighted by Crippen LogP contribution is 2.40. The standard InChI is InChI=1S/C23H27FN2O5S2/c1-13-3-8-18-19(11-13)32-23(20(18)22(28)25-16-9-10-33(29,30)12-16)26-21(27)14(2)31-17-6-4-15(24)5-7-17/h4-7,13-14,16H,3,8-12H2,1-2H3,(H,25,28)(H,26,27)/t13-,14+,16-/m0/s1. The Labute approximate surface area is 196 Å². The van der Waals surface area contributed by atoms with Crippen LogP contribution < -0.4 is 15.4 Å². The van der Waals surface area contributed by atoms with Crippen molar-refractivity contribution in [3.63, 3.8) is 0 Å². The lowest BCUT2D eigenvalue weighted by molar-refractivity contribution is -0.122. The molecule has 0 bridgehead atoms. The van der Waals surface area contributed by atoms with E-state index in [0.29, 0.717) is 28.7 Å². The number of nitrogens with one attached hydrogen (secondary N) is 2. The Morgan fingerprint density at radius 2 is 1.94 bits per heavy atom. The molecule has 7 nitrogen and oxygen atoms in total. The van der Waals surface area contributed by atoms with Crippen molar-refractivity contribution in [3.8, 4) is 5.75 Å². The van der Waals surface area contributed by atoms with Gasteiger partial charge < -0.3 is 15.4 Å². The van der Waals surface area contributed by atoms with Crippen LogP contribution in [0.4, 0.5) is 9.39 Å². The van der Waals surface area contributed by atoms with Gasteiger partial charge in [-0.25, -0.2) is 12.8 Å². The maximum atomic E-state index is 13.2. The van der Waals surface area contributed by atoms with Crippen LogP contribution in [0.3, 0.4) is 0 Å².